The van der Waals surface area contributed by atoms with E-state index in [0.29, 0.717) is 12.1 Å². The van der Waals surface area contributed by atoms with Gasteiger partial charge in [-0.25, -0.2) is 4.79 Å². The van der Waals surface area contributed by atoms with Crippen molar-refractivity contribution in [1.29, 1.82) is 0 Å². The number of rotatable bonds is 5. The smallest absolute Gasteiger partial charge is 0.331 e. The van der Waals surface area contributed by atoms with E-state index in [1.165, 1.54) is 0 Å². The molecule has 0 bridgehead atoms. The Balaban J connectivity index is 2.53. The molecule has 0 aliphatic carbocycles. The van der Waals surface area contributed by atoms with Gasteiger partial charge in [0.1, 0.15) is 0 Å². The third-order valence-electron chi connectivity index (χ3n) is 2.44. The Morgan fingerprint density at radius 1 is 1.35 bits per heavy atom. The number of hydrogen-bond donors (Lipinski definition) is 2. The minimum absolute atomic E-state index is 0.349. The SMILES string of the molecule is C/C(=C/CNc1ccc(N(C)C)cc1)C(=O)O. The van der Waals surface area contributed by atoms with Gasteiger partial charge in [0.25, 0.3) is 0 Å². The summed E-state index contributed by atoms with van der Waals surface area (Å²) in [5, 5.41) is 11.8. The van der Waals surface area contributed by atoms with Crippen LogP contribution in [0.3, 0.4) is 0 Å². The molecule has 1 rings (SSSR count). The van der Waals surface area contributed by atoms with Crippen LogP contribution in [0.4, 0.5) is 11.4 Å². The minimum Gasteiger partial charge on any atom is -0.478 e. The Bertz CT molecular complexity index is 408. The average molecular weight is 234 g/mol. The zero-order valence-corrected chi connectivity index (χ0v) is 10.4. The number of aliphatic carboxylic acids is 1. The number of benzene rings is 1. The Kier molecular flexibility index (Phi) is 4.57. The molecule has 0 atom stereocenters. The maximum Gasteiger partial charge on any atom is 0.331 e. The van der Waals surface area contributed by atoms with Gasteiger partial charge in [-0.2, -0.15) is 0 Å². The highest BCUT2D eigenvalue weighted by molar-refractivity contribution is 5.85. The molecule has 0 aromatic heterocycles. The zero-order valence-electron chi connectivity index (χ0n) is 10.4. The van der Waals surface area contributed by atoms with Crippen molar-refractivity contribution in [1.82, 2.24) is 0 Å². The van der Waals surface area contributed by atoms with Gasteiger partial charge in [0.2, 0.25) is 0 Å². The lowest BCUT2D eigenvalue weighted by Gasteiger charge is -2.13. The second kappa shape index (κ2) is 5.94. The first kappa shape index (κ1) is 13.1. The van der Waals surface area contributed by atoms with Crippen LogP contribution >= 0.6 is 0 Å². The Morgan fingerprint density at radius 2 is 1.94 bits per heavy atom. The molecule has 4 nitrogen and oxygen atoms in total. The summed E-state index contributed by atoms with van der Waals surface area (Å²) in [6.07, 6.45) is 1.65. The molecule has 0 spiro atoms. The molecule has 92 valence electrons. The molecule has 17 heavy (non-hydrogen) atoms. The van der Waals surface area contributed by atoms with E-state index in [0.717, 1.165) is 11.4 Å². The molecule has 0 amide bonds. The van der Waals surface area contributed by atoms with Crippen LogP contribution in [0.2, 0.25) is 0 Å². The van der Waals surface area contributed by atoms with E-state index >= 15 is 0 Å². The first-order valence-electron chi connectivity index (χ1n) is 5.42. The average Bonchev–Trinajstić information content (AvgIpc) is 2.29. The van der Waals surface area contributed by atoms with E-state index < -0.39 is 5.97 Å². The van der Waals surface area contributed by atoms with Crippen LogP contribution in [-0.4, -0.2) is 31.7 Å². The summed E-state index contributed by atoms with van der Waals surface area (Å²) in [6, 6.07) is 7.96. The summed E-state index contributed by atoms with van der Waals surface area (Å²) < 4.78 is 0. The number of carboxylic acid groups (broad SMARTS) is 1. The number of anilines is 2. The molecular formula is C13H18N2O2. The minimum atomic E-state index is -0.880. The fraction of sp³-hybridized carbons (Fsp3) is 0.308. The van der Waals surface area contributed by atoms with Crippen LogP contribution < -0.4 is 10.2 Å². The summed E-state index contributed by atoms with van der Waals surface area (Å²) in [5.74, 6) is -0.880. The van der Waals surface area contributed by atoms with Crippen molar-refractivity contribution in [2.75, 3.05) is 30.9 Å². The molecule has 0 saturated carbocycles. The van der Waals surface area contributed by atoms with Gasteiger partial charge in [0, 0.05) is 37.6 Å². The van der Waals surface area contributed by atoms with Gasteiger partial charge in [0.15, 0.2) is 0 Å². The molecule has 0 radical (unpaired) electrons. The van der Waals surface area contributed by atoms with E-state index in [-0.39, 0.29) is 0 Å². The second-order valence-corrected chi connectivity index (χ2v) is 4.01. The molecule has 4 heteroatoms. The normalized spacial score (nSPS) is 11.1. The third kappa shape index (κ3) is 4.18. The van der Waals surface area contributed by atoms with Crippen LogP contribution in [0.25, 0.3) is 0 Å². The fourth-order valence-corrected chi connectivity index (χ4v) is 1.29. The maximum absolute atomic E-state index is 10.6. The van der Waals surface area contributed by atoms with Crippen LogP contribution in [0.15, 0.2) is 35.9 Å². The maximum atomic E-state index is 10.6. The summed E-state index contributed by atoms with van der Waals surface area (Å²) >= 11 is 0. The van der Waals surface area contributed by atoms with E-state index in [9.17, 15) is 4.79 Å². The summed E-state index contributed by atoms with van der Waals surface area (Å²) in [7, 11) is 3.97. The number of nitrogens with zero attached hydrogens (tertiary/aromatic N) is 1. The lowest BCUT2D eigenvalue weighted by atomic mass is 10.2. The molecule has 0 fully saturated rings. The monoisotopic (exact) mass is 234 g/mol. The van der Waals surface area contributed by atoms with Gasteiger partial charge in [-0.15, -0.1) is 0 Å². The molecule has 0 heterocycles. The number of nitrogens with one attached hydrogen (secondary N) is 1. The Hall–Kier alpha value is -1.97. The summed E-state index contributed by atoms with van der Waals surface area (Å²) in [5.41, 5.74) is 2.46. The highest BCUT2D eigenvalue weighted by atomic mass is 16.4. The van der Waals surface area contributed by atoms with Crippen LogP contribution in [0.5, 0.6) is 0 Å². The quantitative estimate of drug-likeness (QED) is 0.767. The second-order valence-electron chi connectivity index (χ2n) is 4.01. The van der Waals surface area contributed by atoms with Crippen LogP contribution in [0, 0.1) is 0 Å². The van der Waals surface area contributed by atoms with E-state index in [1.807, 2.05) is 43.3 Å². The van der Waals surface area contributed by atoms with Crippen molar-refractivity contribution in [3.63, 3.8) is 0 Å². The predicted molar refractivity (Wildman–Crippen MR) is 70.7 cm³/mol. The van der Waals surface area contributed by atoms with E-state index in [2.05, 4.69) is 5.32 Å². The largest absolute Gasteiger partial charge is 0.478 e. The van der Waals surface area contributed by atoms with Crippen LogP contribution in [-0.2, 0) is 4.79 Å². The highest BCUT2D eigenvalue weighted by Gasteiger charge is 1.98. The molecular weight excluding hydrogens is 216 g/mol. The zero-order chi connectivity index (χ0) is 12.8. The van der Waals surface area contributed by atoms with E-state index in [4.69, 9.17) is 5.11 Å². The van der Waals surface area contributed by atoms with Gasteiger partial charge in [-0.1, -0.05) is 6.08 Å². The first-order chi connectivity index (χ1) is 8.00. The van der Waals surface area contributed by atoms with Gasteiger partial charge in [-0.05, 0) is 31.2 Å². The molecule has 0 saturated heterocycles. The fourth-order valence-electron chi connectivity index (χ4n) is 1.29. The number of carboxylic acids is 1. The van der Waals surface area contributed by atoms with Crippen molar-refractivity contribution in [2.24, 2.45) is 0 Å². The van der Waals surface area contributed by atoms with Gasteiger partial charge in [-0.3, -0.25) is 0 Å². The Morgan fingerprint density at radius 3 is 2.41 bits per heavy atom. The molecule has 1 aromatic rings. The van der Waals surface area contributed by atoms with Gasteiger partial charge >= 0.3 is 5.97 Å². The highest BCUT2D eigenvalue weighted by Crippen LogP contribution is 2.15. The van der Waals surface area contributed by atoms with E-state index in [1.54, 1.807) is 13.0 Å². The van der Waals surface area contributed by atoms with Gasteiger partial charge in [0.05, 0.1) is 0 Å². The first-order valence-corrected chi connectivity index (χ1v) is 5.42. The van der Waals surface area contributed by atoms with Crippen molar-refractivity contribution in [3.8, 4) is 0 Å². The molecule has 2 N–H and O–H groups in total. The van der Waals surface area contributed by atoms with Crippen molar-refractivity contribution >= 4 is 17.3 Å². The Labute approximate surface area is 102 Å². The molecule has 0 aliphatic rings. The number of hydrogen-bond acceptors (Lipinski definition) is 3. The van der Waals surface area contributed by atoms with Crippen molar-refractivity contribution in [3.05, 3.63) is 35.9 Å². The topological polar surface area (TPSA) is 52.6 Å². The number of carbonyl (C=O) groups is 1. The third-order valence-corrected chi connectivity index (χ3v) is 2.44. The predicted octanol–water partition coefficient (Wildman–Crippen LogP) is 2.20. The van der Waals surface area contributed by atoms with Gasteiger partial charge < -0.3 is 15.3 Å². The van der Waals surface area contributed by atoms with Crippen molar-refractivity contribution in [2.45, 2.75) is 6.92 Å². The van der Waals surface area contributed by atoms with Crippen LogP contribution in [0.1, 0.15) is 6.92 Å². The standard InChI is InChI=1S/C13H18N2O2/c1-10(13(16)17)8-9-14-11-4-6-12(7-5-11)15(2)3/h4-8,14H,9H2,1-3H3,(H,16,17)/b10-8-. The summed E-state index contributed by atoms with van der Waals surface area (Å²) in [6.45, 7) is 2.10. The lowest BCUT2D eigenvalue weighted by molar-refractivity contribution is -0.132. The molecule has 1 aromatic carbocycles. The lowest BCUT2D eigenvalue weighted by Crippen LogP contribution is -2.08. The van der Waals surface area contributed by atoms with Crippen molar-refractivity contribution < 1.29 is 9.90 Å². The summed E-state index contributed by atoms with van der Waals surface area (Å²) in [4.78, 5) is 12.6. The molecule has 0 aliphatic heterocycles. The molecule has 0 unspecified atom stereocenters.